The van der Waals surface area contributed by atoms with Crippen molar-refractivity contribution in [2.24, 2.45) is 11.0 Å². The Morgan fingerprint density at radius 1 is 1.30 bits per heavy atom. The van der Waals surface area contributed by atoms with E-state index >= 15 is 0 Å². The summed E-state index contributed by atoms with van der Waals surface area (Å²) in [5.41, 5.74) is -2.31. The molecule has 0 radical (unpaired) electrons. The molecule has 148 valence electrons. The zero-order chi connectivity index (χ0) is 19.7. The molecule has 1 aliphatic heterocycles. The summed E-state index contributed by atoms with van der Waals surface area (Å²) in [5, 5.41) is 14.4. The van der Waals surface area contributed by atoms with Crippen LogP contribution in [0.25, 0.3) is 0 Å². The van der Waals surface area contributed by atoms with Crippen molar-refractivity contribution in [1.29, 1.82) is 0 Å². The molecule has 0 unspecified atom stereocenters. The molecule has 1 N–H and O–H groups in total. The first-order valence-electron chi connectivity index (χ1n) is 9.10. The minimum atomic E-state index is -5.01. The molecule has 27 heavy (non-hydrogen) atoms. The van der Waals surface area contributed by atoms with Gasteiger partial charge in [-0.2, -0.15) is 23.3 Å². The third-order valence-corrected chi connectivity index (χ3v) is 5.22. The van der Waals surface area contributed by atoms with Crippen LogP contribution in [0.3, 0.4) is 0 Å². The first kappa shape index (κ1) is 19.7. The lowest BCUT2D eigenvalue weighted by Gasteiger charge is -2.32. The van der Waals surface area contributed by atoms with E-state index < -0.39 is 30.8 Å². The summed E-state index contributed by atoms with van der Waals surface area (Å²) in [4.78, 5) is 12.5. The molecule has 1 saturated carbocycles. The molecule has 1 aromatic carbocycles. The highest BCUT2D eigenvalue weighted by atomic mass is 19.4. The predicted molar refractivity (Wildman–Crippen MR) is 93.2 cm³/mol. The summed E-state index contributed by atoms with van der Waals surface area (Å²) in [6, 6.07) is 6.88. The van der Waals surface area contributed by atoms with Crippen molar-refractivity contribution in [2.75, 3.05) is 6.61 Å². The number of alkyl halides is 3. The number of aryl methyl sites for hydroxylation is 1. The van der Waals surface area contributed by atoms with Crippen LogP contribution >= 0.6 is 0 Å². The lowest BCUT2D eigenvalue weighted by Crippen LogP contribution is -2.57. The van der Waals surface area contributed by atoms with E-state index in [9.17, 15) is 23.1 Å². The number of halogens is 3. The number of para-hydroxylation sites is 1. The van der Waals surface area contributed by atoms with E-state index in [1.807, 2.05) is 0 Å². The monoisotopic (exact) mass is 384 g/mol. The van der Waals surface area contributed by atoms with Crippen molar-refractivity contribution in [2.45, 2.75) is 57.3 Å². The van der Waals surface area contributed by atoms with Crippen molar-refractivity contribution in [3.63, 3.8) is 0 Å². The lowest BCUT2D eigenvalue weighted by molar-refractivity contribution is -0.302. The summed E-state index contributed by atoms with van der Waals surface area (Å²) >= 11 is 0. The number of amides is 1. The topological polar surface area (TPSA) is 62.1 Å². The molecule has 1 aliphatic carbocycles. The maximum Gasteiger partial charge on any atom is 0.438 e. The maximum atomic E-state index is 13.6. The zero-order valence-corrected chi connectivity index (χ0v) is 15.1. The fraction of sp³-hybridized carbons (Fsp3) is 0.579. The Labute approximate surface area is 155 Å². The molecular weight excluding hydrogens is 361 g/mol. The van der Waals surface area contributed by atoms with E-state index in [2.05, 4.69) is 5.10 Å². The molecule has 5 nitrogen and oxygen atoms in total. The van der Waals surface area contributed by atoms with Crippen LogP contribution in [0.1, 0.15) is 44.1 Å². The minimum Gasteiger partial charge on any atom is -0.483 e. The molecule has 0 aromatic heterocycles. The van der Waals surface area contributed by atoms with Gasteiger partial charge in [-0.25, -0.2) is 0 Å². The van der Waals surface area contributed by atoms with Crippen LogP contribution < -0.4 is 4.74 Å². The smallest absolute Gasteiger partial charge is 0.438 e. The molecule has 2 aliphatic rings. The number of aliphatic hydroxyl groups is 1. The highest BCUT2D eigenvalue weighted by molar-refractivity contribution is 5.92. The summed E-state index contributed by atoms with van der Waals surface area (Å²) < 4.78 is 46.1. The Balaban J connectivity index is 1.78. The Hall–Kier alpha value is -2.09. The molecule has 1 atom stereocenters. The van der Waals surface area contributed by atoms with E-state index in [1.165, 1.54) is 0 Å². The fourth-order valence-electron chi connectivity index (χ4n) is 3.64. The SMILES string of the molecule is Cc1ccccc1OCC(=O)N1N=C(C2CCCCC2)C[C@@]1(O)C(F)(F)F. The minimum absolute atomic E-state index is 0.122. The molecule has 0 bridgehead atoms. The van der Waals surface area contributed by atoms with Gasteiger partial charge in [-0.1, -0.05) is 37.5 Å². The number of hydrogen-bond donors (Lipinski definition) is 1. The number of carbonyl (C=O) groups excluding carboxylic acids is 1. The number of nitrogens with zero attached hydrogens (tertiary/aromatic N) is 2. The van der Waals surface area contributed by atoms with Crippen molar-refractivity contribution >= 4 is 11.6 Å². The van der Waals surface area contributed by atoms with Gasteiger partial charge in [0.05, 0.1) is 0 Å². The van der Waals surface area contributed by atoms with Gasteiger partial charge >= 0.3 is 6.18 Å². The standard InChI is InChI=1S/C19H23F3N2O3/c1-13-7-5-6-10-16(13)27-12-17(25)24-18(26,19(20,21)22)11-15(23-24)14-8-3-2-4-9-14/h5-7,10,14,26H,2-4,8-9,11-12H2,1H3/t18-/m1/s1. The highest BCUT2D eigenvalue weighted by Gasteiger charge is 2.63. The number of rotatable bonds is 4. The van der Waals surface area contributed by atoms with Gasteiger partial charge in [0.2, 0.25) is 0 Å². The van der Waals surface area contributed by atoms with Gasteiger partial charge in [-0.05, 0) is 37.3 Å². The van der Waals surface area contributed by atoms with Crippen LogP contribution in [-0.2, 0) is 4.79 Å². The lowest BCUT2D eigenvalue weighted by atomic mass is 9.83. The normalized spacial score (nSPS) is 24.0. The Morgan fingerprint density at radius 2 is 1.96 bits per heavy atom. The molecule has 1 fully saturated rings. The van der Waals surface area contributed by atoms with Crippen LogP contribution in [0.4, 0.5) is 13.2 Å². The number of carbonyl (C=O) groups is 1. The zero-order valence-electron chi connectivity index (χ0n) is 15.1. The van der Waals surface area contributed by atoms with Crippen LogP contribution in [0.2, 0.25) is 0 Å². The van der Waals surface area contributed by atoms with Crippen LogP contribution in [-0.4, -0.2) is 40.2 Å². The summed E-state index contributed by atoms with van der Waals surface area (Å²) in [6.07, 6.45) is -1.37. The van der Waals surface area contributed by atoms with E-state index in [4.69, 9.17) is 4.74 Å². The second kappa shape index (κ2) is 7.50. The Morgan fingerprint density at radius 3 is 2.59 bits per heavy atom. The molecule has 0 saturated heterocycles. The van der Waals surface area contributed by atoms with Gasteiger partial charge in [0.15, 0.2) is 6.61 Å². The first-order chi connectivity index (χ1) is 12.7. The van der Waals surface area contributed by atoms with Gasteiger partial charge in [0.25, 0.3) is 11.6 Å². The average molecular weight is 384 g/mol. The number of ether oxygens (including phenoxy) is 1. The molecule has 1 aromatic rings. The summed E-state index contributed by atoms with van der Waals surface area (Å²) in [6.45, 7) is 1.13. The number of hydrogen-bond acceptors (Lipinski definition) is 4. The van der Waals surface area contributed by atoms with Gasteiger partial charge in [0, 0.05) is 12.1 Å². The number of hydrazone groups is 1. The largest absolute Gasteiger partial charge is 0.483 e. The first-order valence-corrected chi connectivity index (χ1v) is 9.10. The van der Waals surface area contributed by atoms with Crippen molar-refractivity contribution in [1.82, 2.24) is 5.01 Å². The fourth-order valence-corrected chi connectivity index (χ4v) is 3.64. The van der Waals surface area contributed by atoms with Gasteiger partial charge < -0.3 is 9.84 Å². The van der Waals surface area contributed by atoms with E-state index in [-0.39, 0.29) is 16.6 Å². The Kier molecular flexibility index (Phi) is 5.46. The van der Waals surface area contributed by atoms with E-state index in [0.717, 1.165) is 37.7 Å². The summed E-state index contributed by atoms with van der Waals surface area (Å²) in [7, 11) is 0. The third kappa shape index (κ3) is 3.95. The molecule has 0 spiro atoms. The van der Waals surface area contributed by atoms with Gasteiger partial charge in [-0.15, -0.1) is 0 Å². The van der Waals surface area contributed by atoms with Gasteiger partial charge in [0.1, 0.15) is 5.75 Å². The van der Waals surface area contributed by atoms with Crippen LogP contribution in [0.15, 0.2) is 29.4 Å². The summed E-state index contributed by atoms with van der Waals surface area (Å²) in [5.74, 6) is -0.747. The van der Waals surface area contributed by atoms with Crippen molar-refractivity contribution < 1.29 is 27.8 Å². The highest BCUT2D eigenvalue weighted by Crippen LogP contribution is 2.43. The van der Waals surface area contributed by atoms with E-state index in [0.29, 0.717) is 5.75 Å². The van der Waals surface area contributed by atoms with E-state index in [1.54, 1.807) is 31.2 Å². The molecule has 3 rings (SSSR count). The van der Waals surface area contributed by atoms with Crippen molar-refractivity contribution in [3.8, 4) is 5.75 Å². The quantitative estimate of drug-likeness (QED) is 0.859. The molecular formula is C19H23F3N2O3. The molecule has 1 amide bonds. The van der Waals surface area contributed by atoms with Crippen molar-refractivity contribution in [3.05, 3.63) is 29.8 Å². The number of benzene rings is 1. The second-order valence-corrected chi connectivity index (χ2v) is 7.18. The van der Waals surface area contributed by atoms with Gasteiger partial charge in [-0.3, -0.25) is 4.79 Å². The molecule has 8 heteroatoms. The second-order valence-electron chi connectivity index (χ2n) is 7.18. The third-order valence-electron chi connectivity index (χ3n) is 5.22. The maximum absolute atomic E-state index is 13.6. The predicted octanol–water partition coefficient (Wildman–Crippen LogP) is 3.79. The van der Waals surface area contributed by atoms with Crippen LogP contribution in [0.5, 0.6) is 5.75 Å². The average Bonchev–Trinajstić information content (AvgIpc) is 3.01. The van der Waals surface area contributed by atoms with Crippen LogP contribution in [0, 0.1) is 12.8 Å². The Bertz CT molecular complexity index is 729. The molecule has 1 heterocycles.